The van der Waals surface area contributed by atoms with Crippen LogP contribution in [0.25, 0.3) is 0 Å². The molecule has 0 unspecified atom stereocenters. The molecule has 2 nitrogen and oxygen atoms in total. The molecule has 0 saturated carbocycles. The fourth-order valence-electron chi connectivity index (χ4n) is 0.873. The quantitative estimate of drug-likeness (QED) is 0.570. The summed E-state index contributed by atoms with van der Waals surface area (Å²) in [5.41, 5.74) is 0.620. The van der Waals surface area contributed by atoms with E-state index in [2.05, 4.69) is 22.1 Å². The molecule has 13 heavy (non-hydrogen) atoms. The molecular weight excluding hydrogens is 230 g/mol. The molecule has 1 aromatic carbocycles. The van der Waals surface area contributed by atoms with Crippen LogP contribution in [0.2, 0.25) is 0 Å². The van der Waals surface area contributed by atoms with Crippen LogP contribution >= 0.6 is 16.1 Å². The molecule has 3 heteroatoms. The molecule has 0 bridgehead atoms. The van der Waals surface area contributed by atoms with Crippen LogP contribution in [-0.4, -0.2) is 16.4 Å². The standard InChI is InChI=1S/C10H8BrNO/c1-2-8-12(11)10(13)9-6-4-3-5-7-9/h1,3-7H,8H2. The van der Waals surface area contributed by atoms with Gasteiger partial charge in [0.2, 0.25) is 0 Å². The highest BCUT2D eigenvalue weighted by Gasteiger charge is 2.10. The van der Waals surface area contributed by atoms with Crippen molar-refractivity contribution in [1.82, 2.24) is 3.93 Å². The summed E-state index contributed by atoms with van der Waals surface area (Å²) in [5.74, 6) is 2.25. The van der Waals surface area contributed by atoms with Gasteiger partial charge in [-0.2, -0.15) is 0 Å². The maximum Gasteiger partial charge on any atom is 0.264 e. The first-order chi connectivity index (χ1) is 6.25. The lowest BCUT2D eigenvalue weighted by molar-refractivity contribution is 0.0889. The fourth-order valence-corrected chi connectivity index (χ4v) is 1.22. The Morgan fingerprint density at radius 1 is 1.46 bits per heavy atom. The first-order valence-electron chi connectivity index (χ1n) is 3.72. The molecule has 0 aliphatic carbocycles. The van der Waals surface area contributed by atoms with Crippen LogP contribution in [0.15, 0.2) is 30.3 Å². The van der Waals surface area contributed by atoms with E-state index < -0.39 is 0 Å². The van der Waals surface area contributed by atoms with Crippen molar-refractivity contribution in [1.29, 1.82) is 0 Å². The first kappa shape index (κ1) is 9.82. The van der Waals surface area contributed by atoms with Crippen molar-refractivity contribution in [2.24, 2.45) is 0 Å². The number of carbonyl (C=O) groups is 1. The fraction of sp³-hybridized carbons (Fsp3) is 0.100. The van der Waals surface area contributed by atoms with Gasteiger partial charge < -0.3 is 0 Å². The first-order valence-corrected chi connectivity index (χ1v) is 4.43. The van der Waals surface area contributed by atoms with E-state index in [1.54, 1.807) is 12.1 Å². The molecule has 0 aliphatic heterocycles. The average molecular weight is 238 g/mol. The Balaban J connectivity index is 2.75. The summed E-state index contributed by atoms with van der Waals surface area (Å²) in [6, 6.07) is 8.96. The maximum absolute atomic E-state index is 11.5. The third kappa shape index (κ3) is 2.60. The van der Waals surface area contributed by atoms with E-state index in [1.807, 2.05) is 18.2 Å². The summed E-state index contributed by atoms with van der Waals surface area (Å²) in [5, 5.41) is 0. The van der Waals surface area contributed by atoms with Gasteiger partial charge in [-0.25, -0.2) is 0 Å². The van der Waals surface area contributed by atoms with E-state index in [1.165, 1.54) is 3.93 Å². The minimum Gasteiger partial charge on any atom is -0.268 e. The van der Waals surface area contributed by atoms with Gasteiger partial charge in [0.1, 0.15) is 0 Å². The average Bonchev–Trinajstić information content (AvgIpc) is 2.18. The Kier molecular flexibility index (Phi) is 3.53. The van der Waals surface area contributed by atoms with Crippen molar-refractivity contribution in [3.8, 4) is 12.3 Å². The number of rotatable bonds is 2. The number of carbonyl (C=O) groups excluding carboxylic acids is 1. The second-order valence-corrected chi connectivity index (χ2v) is 3.25. The van der Waals surface area contributed by atoms with Crippen LogP contribution in [0.4, 0.5) is 0 Å². The topological polar surface area (TPSA) is 20.3 Å². The molecule has 0 fully saturated rings. The van der Waals surface area contributed by atoms with E-state index in [0.717, 1.165) is 0 Å². The molecule has 0 N–H and O–H groups in total. The van der Waals surface area contributed by atoms with Crippen LogP contribution in [0, 0.1) is 12.3 Å². The Hall–Kier alpha value is -1.27. The Labute approximate surface area is 85.9 Å². The molecule has 66 valence electrons. The van der Waals surface area contributed by atoms with Crippen LogP contribution in [0.3, 0.4) is 0 Å². The molecule has 1 amide bonds. The second kappa shape index (κ2) is 4.68. The van der Waals surface area contributed by atoms with Crippen molar-refractivity contribution >= 4 is 22.1 Å². The van der Waals surface area contributed by atoms with Crippen molar-refractivity contribution < 1.29 is 4.79 Å². The lowest BCUT2D eigenvalue weighted by atomic mass is 10.2. The summed E-state index contributed by atoms with van der Waals surface area (Å²) in [7, 11) is 0. The van der Waals surface area contributed by atoms with Crippen LogP contribution in [0.5, 0.6) is 0 Å². The van der Waals surface area contributed by atoms with Crippen molar-refractivity contribution in [3.05, 3.63) is 35.9 Å². The Bertz CT molecular complexity index is 329. The minimum atomic E-state index is -0.126. The van der Waals surface area contributed by atoms with Crippen molar-refractivity contribution in [2.45, 2.75) is 0 Å². The number of terminal acetylenes is 1. The van der Waals surface area contributed by atoms with Gasteiger partial charge in [0.25, 0.3) is 5.91 Å². The van der Waals surface area contributed by atoms with Gasteiger partial charge in [-0.3, -0.25) is 8.72 Å². The lowest BCUT2D eigenvalue weighted by Gasteiger charge is -2.10. The van der Waals surface area contributed by atoms with Crippen LogP contribution < -0.4 is 0 Å². The van der Waals surface area contributed by atoms with Gasteiger partial charge >= 0.3 is 0 Å². The molecular formula is C10H8BrNO. The zero-order valence-electron chi connectivity index (χ0n) is 6.90. The maximum atomic E-state index is 11.5. The number of amides is 1. The minimum absolute atomic E-state index is 0.126. The summed E-state index contributed by atoms with van der Waals surface area (Å²) in [4.78, 5) is 11.5. The SMILES string of the molecule is C#CCN(Br)C(=O)c1ccccc1. The van der Waals surface area contributed by atoms with Crippen molar-refractivity contribution in [3.63, 3.8) is 0 Å². The predicted molar refractivity (Wildman–Crippen MR) is 55.2 cm³/mol. The molecule has 0 aliphatic rings. The summed E-state index contributed by atoms with van der Waals surface area (Å²) in [6.07, 6.45) is 5.07. The molecule has 0 radical (unpaired) electrons. The zero-order chi connectivity index (χ0) is 9.68. The third-order valence-electron chi connectivity index (χ3n) is 1.47. The Morgan fingerprint density at radius 2 is 2.08 bits per heavy atom. The Morgan fingerprint density at radius 3 is 2.62 bits per heavy atom. The molecule has 1 rings (SSSR count). The van der Waals surface area contributed by atoms with E-state index in [-0.39, 0.29) is 12.5 Å². The van der Waals surface area contributed by atoms with Crippen LogP contribution in [0.1, 0.15) is 10.4 Å². The van der Waals surface area contributed by atoms with Crippen LogP contribution in [-0.2, 0) is 0 Å². The summed E-state index contributed by atoms with van der Waals surface area (Å²) >= 11 is 3.08. The number of benzene rings is 1. The van der Waals surface area contributed by atoms with Gasteiger partial charge in [0.15, 0.2) is 0 Å². The highest BCUT2D eigenvalue weighted by molar-refractivity contribution is 9.07. The third-order valence-corrected chi connectivity index (χ3v) is 2.04. The van der Waals surface area contributed by atoms with E-state index in [9.17, 15) is 4.79 Å². The van der Waals surface area contributed by atoms with E-state index >= 15 is 0 Å². The monoisotopic (exact) mass is 237 g/mol. The molecule has 0 atom stereocenters. The van der Waals surface area contributed by atoms with Gasteiger partial charge in [-0.15, -0.1) is 6.42 Å². The van der Waals surface area contributed by atoms with Gasteiger partial charge in [-0.1, -0.05) is 24.1 Å². The molecule has 0 saturated heterocycles. The molecule has 0 heterocycles. The van der Waals surface area contributed by atoms with Gasteiger partial charge in [0.05, 0.1) is 22.7 Å². The molecule has 0 aromatic heterocycles. The highest BCUT2D eigenvalue weighted by Crippen LogP contribution is 2.07. The molecule has 1 aromatic rings. The van der Waals surface area contributed by atoms with E-state index in [0.29, 0.717) is 5.56 Å². The van der Waals surface area contributed by atoms with Gasteiger partial charge in [0, 0.05) is 5.56 Å². The summed E-state index contributed by atoms with van der Waals surface area (Å²) < 4.78 is 1.32. The van der Waals surface area contributed by atoms with E-state index in [4.69, 9.17) is 6.42 Å². The smallest absolute Gasteiger partial charge is 0.264 e. The number of nitrogens with zero attached hydrogens (tertiary/aromatic N) is 1. The number of hydrogen-bond donors (Lipinski definition) is 0. The highest BCUT2D eigenvalue weighted by atomic mass is 79.9. The second-order valence-electron chi connectivity index (χ2n) is 2.40. The molecule has 0 spiro atoms. The van der Waals surface area contributed by atoms with Gasteiger partial charge in [-0.05, 0) is 12.1 Å². The number of halogens is 1. The predicted octanol–water partition coefficient (Wildman–Crippen LogP) is 2.07. The lowest BCUT2D eigenvalue weighted by Crippen LogP contribution is -2.20. The normalized spacial score (nSPS) is 8.92. The van der Waals surface area contributed by atoms with Crippen molar-refractivity contribution in [2.75, 3.05) is 6.54 Å². The number of hydrogen-bond acceptors (Lipinski definition) is 1. The summed E-state index contributed by atoms with van der Waals surface area (Å²) in [6.45, 7) is 0.258. The zero-order valence-corrected chi connectivity index (χ0v) is 8.49. The largest absolute Gasteiger partial charge is 0.268 e.